The molecule has 2 aromatic rings. The van der Waals surface area contributed by atoms with Crippen LogP contribution in [0.25, 0.3) is 0 Å². The summed E-state index contributed by atoms with van der Waals surface area (Å²) in [5.74, 6) is -0.705. The fraction of sp³-hybridized carbons (Fsp3) is 0.182. The molecule has 2 amide bonds. The first-order valence-electron chi connectivity index (χ1n) is 9.24. The Labute approximate surface area is 184 Å². The second-order valence-electron chi connectivity index (χ2n) is 6.36. The molecule has 0 aliphatic carbocycles. The van der Waals surface area contributed by atoms with E-state index in [4.69, 9.17) is 10.5 Å². The van der Waals surface area contributed by atoms with E-state index in [1.807, 2.05) is 12.1 Å². The molecule has 0 saturated carbocycles. The molecule has 0 radical (unpaired) electrons. The molecular formula is C22H20N6O2S. The van der Waals surface area contributed by atoms with Crippen LogP contribution in [0.15, 0.2) is 58.7 Å². The third-order valence-electron chi connectivity index (χ3n) is 3.95. The number of rotatable bonds is 8. The highest BCUT2D eigenvalue weighted by atomic mass is 32.2. The summed E-state index contributed by atoms with van der Waals surface area (Å²) in [5, 5.41) is 24.5. The number of amides is 2. The van der Waals surface area contributed by atoms with Gasteiger partial charge in [0.25, 0.3) is 11.8 Å². The van der Waals surface area contributed by atoms with Crippen molar-refractivity contribution in [2.75, 3.05) is 0 Å². The predicted molar refractivity (Wildman–Crippen MR) is 120 cm³/mol. The summed E-state index contributed by atoms with van der Waals surface area (Å²) in [7, 11) is 0. The predicted octanol–water partition coefficient (Wildman–Crippen LogP) is 2.54. The summed E-state index contributed by atoms with van der Waals surface area (Å²) in [5.41, 5.74) is 7.22. The molecule has 0 aliphatic heterocycles. The van der Waals surface area contributed by atoms with Crippen LogP contribution in [-0.2, 0) is 9.59 Å². The molecule has 0 spiro atoms. The Bertz CT molecular complexity index is 998. The van der Waals surface area contributed by atoms with Crippen molar-refractivity contribution in [2.45, 2.75) is 24.3 Å². The van der Waals surface area contributed by atoms with Crippen molar-refractivity contribution in [1.29, 1.82) is 10.5 Å². The van der Waals surface area contributed by atoms with E-state index in [0.717, 1.165) is 11.8 Å². The topological polar surface area (TPSA) is 130 Å². The first kappa shape index (κ1) is 23.3. The molecule has 31 heavy (non-hydrogen) atoms. The minimum atomic E-state index is -0.528. The highest BCUT2D eigenvalue weighted by molar-refractivity contribution is 8.01. The van der Waals surface area contributed by atoms with Gasteiger partial charge in [-0.25, -0.2) is 10.9 Å². The number of thioether (sulfide) groups is 1. The molecule has 156 valence electrons. The van der Waals surface area contributed by atoms with Crippen LogP contribution in [0.3, 0.4) is 0 Å². The Kier molecular flexibility index (Phi) is 8.96. The van der Waals surface area contributed by atoms with Crippen molar-refractivity contribution in [1.82, 2.24) is 10.9 Å². The first-order valence-corrected chi connectivity index (χ1v) is 10.2. The SMILES string of the molecule is CC(SC(C)C(=O)N/N=C/c1cccc(C#N)c1)C(=O)NN=Cc1cccc(C#N)c1. The van der Waals surface area contributed by atoms with E-state index >= 15 is 0 Å². The van der Waals surface area contributed by atoms with Crippen molar-refractivity contribution in [3.8, 4) is 12.1 Å². The quantitative estimate of drug-likeness (QED) is 0.489. The zero-order chi connectivity index (χ0) is 22.6. The van der Waals surface area contributed by atoms with Crippen molar-refractivity contribution >= 4 is 36.0 Å². The minimum absolute atomic E-state index is 0.353. The molecule has 0 bridgehead atoms. The van der Waals surface area contributed by atoms with Gasteiger partial charge in [-0.2, -0.15) is 20.7 Å². The Morgan fingerprint density at radius 1 is 0.871 bits per heavy atom. The molecule has 8 nitrogen and oxygen atoms in total. The van der Waals surface area contributed by atoms with Crippen LogP contribution in [0.2, 0.25) is 0 Å². The molecule has 0 saturated heterocycles. The Balaban J connectivity index is 1.81. The van der Waals surface area contributed by atoms with Crippen LogP contribution in [0.5, 0.6) is 0 Å². The largest absolute Gasteiger partial charge is 0.272 e. The summed E-state index contributed by atoms with van der Waals surface area (Å²) in [4.78, 5) is 24.4. The van der Waals surface area contributed by atoms with Crippen LogP contribution < -0.4 is 10.9 Å². The first-order chi connectivity index (χ1) is 14.9. The molecule has 0 aromatic heterocycles. The van der Waals surface area contributed by atoms with E-state index in [0.29, 0.717) is 22.3 Å². The molecule has 2 unspecified atom stereocenters. The highest BCUT2D eigenvalue weighted by Crippen LogP contribution is 2.17. The van der Waals surface area contributed by atoms with Crippen molar-refractivity contribution in [3.05, 3.63) is 70.8 Å². The smallest absolute Gasteiger partial charge is 0.252 e. The van der Waals surface area contributed by atoms with Crippen LogP contribution in [0.4, 0.5) is 0 Å². The third-order valence-corrected chi connectivity index (χ3v) is 5.20. The molecular weight excluding hydrogens is 412 g/mol. The molecule has 2 N–H and O–H groups in total. The Hall–Kier alpha value is -3.95. The summed E-state index contributed by atoms with van der Waals surface area (Å²) < 4.78 is 0. The lowest BCUT2D eigenvalue weighted by Crippen LogP contribution is -2.33. The summed E-state index contributed by atoms with van der Waals surface area (Å²) in [6.45, 7) is 3.35. The summed E-state index contributed by atoms with van der Waals surface area (Å²) in [6, 6.07) is 17.7. The van der Waals surface area contributed by atoms with E-state index < -0.39 is 10.5 Å². The number of carbonyl (C=O) groups excluding carboxylic acids is 2. The van der Waals surface area contributed by atoms with Crippen molar-refractivity contribution in [2.24, 2.45) is 10.2 Å². The lowest BCUT2D eigenvalue weighted by Gasteiger charge is -2.14. The van der Waals surface area contributed by atoms with Crippen molar-refractivity contribution < 1.29 is 9.59 Å². The van der Waals surface area contributed by atoms with Crippen LogP contribution in [-0.4, -0.2) is 34.7 Å². The van der Waals surface area contributed by atoms with E-state index in [2.05, 4.69) is 21.1 Å². The summed E-state index contributed by atoms with van der Waals surface area (Å²) >= 11 is 1.16. The normalized spacial score (nSPS) is 12.6. The maximum atomic E-state index is 12.2. The van der Waals surface area contributed by atoms with Gasteiger partial charge in [-0.3, -0.25) is 9.59 Å². The van der Waals surface area contributed by atoms with Gasteiger partial charge in [0.05, 0.1) is 46.2 Å². The van der Waals surface area contributed by atoms with Gasteiger partial charge >= 0.3 is 0 Å². The maximum absolute atomic E-state index is 12.2. The Morgan fingerprint density at radius 3 is 1.68 bits per heavy atom. The van der Waals surface area contributed by atoms with Gasteiger partial charge in [0, 0.05) is 0 Å². The number of nitrogens with zero attached hydrogens (tertiary/aromatic N) is 4. The molecule has 0 fully saturated rings. The number of nitriles is 2. The van der Waals surface area contributed by atoms with Crippen molar-refractivity contribution in [3.63, 3.8) is 0 Å². The molecule has 2 rings (SSSR count). The van der Waals surface area contributed by atoms with Crippen LogP contribution in [0, 0.1) is 22.7 Å². The van der Waals surface area contributed by atoms with E-state index in [1.54, 1.807) is 62.4 Å². The standard InChI is InChI=1S/C22H20N6O2S/c1-15(21(29)27-25-13-19-7-3-5-17(9-19)11-23)31-16(2)22(30)28-26-14-20-8-4-6-18(10-20)12-24/h3-10,13-16H,1-2H3,(H,27,29)(H,28,30)/b25-13+,26-14?. The molecule has 2 aromatic carbocycles. The summed E-state index contributed by atoms with van der Waals surface area (Å²) in [6.07, 6.45) is 2.89. The molecule has 0 aliphatic rings. The minimum Gasteiger partial charge on any atom is -0.272 e. The monoisotopic (exact) mass is 432 g/mol. The molecule has 2 atom stereocenters. The second-order valence-corrected chi connectivity index (χ2v) is 8.05. The van der Waals surface area contributed by atoms with Crippen LogP contribution in [0.1, 0.15) is 36.1 Å². The van der Waals surface area contributed by atoms with Gasteiger partial charge in [0.1, 0.15) is 0 Å². The lowest BCUT2D eigenvalue weighted by atomic mass is 10.1. The third kappa shape index (κ3) is 7.77. The van der Waals surface area contributed by atoms with E-state index in [9.17, 15) is 9.59 Å². The zero-order valence-corrected chi connectivity index (χ0v) is 17.8. The fourth-order valence-electron chi connectivity index (χ4n) is 2.33. The number of benzene rings is 2. The van der Waals surface area contributed by atoms with Gasteiger partial charge < -0.3 is 0 Å². The van der Waals surface area contributed by atoms with Gasteiger partial charge in [-0.1, -0.05) is 24.3 Å². The number of hydrazone groups is 2. The second kappa shape index (κ2) is 11.9. The molecule has 0 heterocycles. The lowest BCUT2D eigenvalue weighted by molar-refractivity contribution is -0.120. The van der Waals surface area contributed by atoms with Gasteiger partial charge in [-0.15, -0.1) is 11.8 Å². The number of nitrogens with one attached hydrogen (secondary N) is 2. The number of hydrogen-bond acceptors (Lipinski definition) is 7. The van der Waals surface area contributed by atoms with Gasteiger partial charge in [0.15, 0.2) is 0 Å². The molecule has 9 heteroatoms. The zero-order valence-electron chi connectivity index (χ0n) is 16.9. The number of carbonyl (C=O) groups is 2. The number of hydrogen-bond donors (Lipinski definition) is 2. The van der Waals surface area contributed by atoms with E-state index in [1.165, 1.54) is 12.4 Å². The van der Waals surface area contributed by atoms with Gasteiger partial charge in [-0.05, 0) is 49.2 Å². The highest BCUT2D eigenvalue weighted by Gasteiger charge is 2.21. The average Bonchev–Trinajstić information content (AvgIpc) is 2.79. The van der Waals surface area contributed by atoms with Crippen LogP contribution >= 0.6 is 11.8 Å². The van der Waals surface area contributed by atoms with Gasteiger partial charge in [0.2, 0.25) is 0 Å². The average molecular weight is 433 g/mol. The Morgan fingerprint density at radius 2 is 1.29 bits per heavy atom. The van der Waals surface area contributed by atoms with E-state index in [-0.39, 0.29) is 11.8 Å². The maximum Gasteiger partial charge on any atom is 0.252 e. The fourth-order valence-corrected chi connectivity index (χ4v) is 3.29.